The highest BCUT2D eigenvalue weighted by Gasteiger charge is 2.19. The van der Waals surface area contributed by atoms with Gasteiger partial charge in [-0.15, -0.1) is 0 Å². The number of fused-ring (bicyclic) bond motifs is 3. The summed E-state index contributed by atoms with van der Waals surface area (Å²) in [4.78, 5) is 19.3. The van der Waals surface area contributed by atoms with E-state index in [0.717, 1.165) is 55.3 Å². The molecule has 0 aliphatic heterocycles. The highest BCUT2D eigenvalue weighted by Crippen LogP contribution is 2.38. The van der Waals surface area contributed by atoms with Gasteiger partial charge < -0.3 is 4.57 Å². The maximum Gasteiger partial charge on any atom is 0.164 e. The summed E-state index contributed by atoms with van der Waals surface area (Å²) in [6.45, 7) is 0. The van der Waals surface area contributed by atoms with Gasteiger partial charge in [0.1, 0.15) is 0 Å². The smallest absolute Gasteiger partial charge is 0.164 e. The van der Waals surface area contributed by atoms with E-state index in [4.69, 9.17) is 15.0 Å². The molecule has 3 aromatic heterocycles. The first kappa shape index (κ1) is 26.2. The van der Waals surface area contributed by atoms with Crippen LogP contribution in [0.1, 0.15) is 5.56 Å². The summed E-state index contributed by atoms with van der Waals surface area (Å²) in [5.74, 6) is 1.78. The van der Waals surface area contributed by atoms with Gasteiger partial charge in [0.05, 0.1) is 28.4 Å². The van der Waals surface area contributed by atoms with Gasteiger partial charge in [-0.05, 0) is 30.3 Å². The predicted octanol–water partition coefficient (Wildman–Crippen LogP) is 8.90. The Balaban J connectivity index is 1.43. The van der Waals surface area contributed by atoms with E-state index in [2.05, 4.69) is 52.0 Å². The van der Waals surface area contributed by atoms with Crippen molar-refractivity contribution in [2.24, 2.45) is 0 Å². The molecule has 0 amide bonds. The van der Waals surface area contributed by atoms with E-state index < -0.39 is 0 Å². The third kappa shape index (κ3) is 4.69. The molecule has 5 aromatic carbocycles. The van der Waals surface area contributed by atoms with E-state index in [1.54, 1.807) is 6.20 Å². The van der Waals surface area contributed by atoms with Crippen LogP contribution in [0.25, 0.3) is 72.8 Å². The lowest BCUT2D eigenvalue weighted by atomic mass is 10.0. The second kappa shape index (κ2) is 11.0. The molecule has 0 bridgehead atoms. The van der Waals surface area contributed by atoms with Crippen molar-refractivity contribution in [3.63, 3.8) is 0 Å². The Morgan fingerprint density at radius 3 is 1.80 bits per heavy atom. The fraction of sp³-hybridized carbons (Fsp3) is 0. The van der Waals surface area contributed by atoms with Crippen molar-refractivity contribution in [2.75, 3.05) is 0 Å². The minimum atomic E-state index is 0.570. The third-order valence-electron chi connectivity index (χ3n) is 7.97. The standard InChI is InChI=1S/C39H24N6/c40-24-26-17-19-33-32-15-7-8-16-34(32)45(35(33)22-26)36-23-29(18-20-31(36)30-14-9-21-41-25-30)39-43-37(27-10-3-1-4-11-27)42-38(44-39)28-12-5-2-6-13-28/h1-23,25H. The second-order valence-electron chi connectivity index (χ2n) is 10.7. The van der Waals surface area contributed by atoms with Crippen molar-refractivity contribution in [3.8, 4) is 57.0 Å². The van der Waals surface area contributed by atoms with Crippen LogP contribution in [-0.2, 0) is 0 Å². The van der Waals surface area contributed by atoms with Gasteiger partial charge in [-0.1, -0.05) is 103 Å². The lowest BCUT2D eigenvalue weighted by molar-refractivity contribution is 1.07. The lowest BCUT2D eigenvalue weighted by Gasteiger charge is -2.16. The molecule has 0 N–H and O–H groups in total. The molecule has 0 saturated heterocycles. The monoisotopic (exact) mass is 576 g/mol. The number of rotatable bonds is 5. The van der Waals surface area contributed by atoms with E-state index >= 15 is 0 Å². The predicted molar refractivity (Wildman–Crippen MR) is 178 cm³/mol. The zero-order valence-electron chi connectivity index (χ0n) is 24.0. The van der Waals surface area contributed by atoms with Crippen LogP contribution in [0.2, 0.25) is 0 Å². The SMILES string of the molecule is N#Cc1ccc2c3ccccc3n(-c3cc(-c4nc(-c5ccccc5)nc(-c5ccccc5)n4)ccc3-c3cccnc3)c2c1. The molecule has 0 aliphatic carbocycles. The first-order valence-electron chi connectivity index (χ1n) is 14.6. The van der Waals surface area contributed by atoms with E-state index in [1.165, 1.54) is 0 Å². The van der Waals surface area contributed by atoms with Crippen molar-refractivity contribution >= 4 is 21.8 Å². The summed E-state index contributed by atoms with van der Waals surface area (Å²) in [5.41, 5.74) is 8.17. The van der Waals surface area contributed by atoms with Gasteiger partial charge in [-0.2, -0.15) is 5.26 Å². The van der Waals surface area contributed by atoms with Crippen LogP contribution in [-0.4, -0.2) is 24.5 Å². The fourth-order valence-corrected chi connectivity index (χ4v) is 5.86. The molecule has 3 heterocycles. The van der Waals surface area contributed by atoms with E-state index in [9.17, 15) is 5.26 Å². The van der Waals surface area contributed by atoms with Gasteiger partial charge in [0, 0.05) is 51.0 Å². The van der Waals surface area contributed by atoms with Crippen LogP contribution in [0.5, 0.6) is 0 Å². The summed E-state index contributed by atoms with van der Waals surface area (Å²) in [5, 5.41) is 12.0. The normalized spacial score (nSPS) is 11.1. The van der Waals surface area contributed by atoms with Crippen LogP contribution < -0.4 is 0 Å². The average Bonchev–Trinajstić information content (AvgIpc) is 3.45. The molecule has 0 aliphatic rings. The van der Waals surface area contributed by atoms with E-state index in [1.807, 2.05) is 103 Å². The molecule has 45 heavy (non-hydrogen) atoms. The molecule has 6 heteroatoms. The van der Waals surface area contributed by atoms with Crippen LogP contribution in [0, 0.1) is 11.3 Å². The zero-order valence-corrected chi connectivity index (χ0v) is 24.0. The van der Waals surface area contributed by atoms with Crippen LogP contribution >= 0.6 is 0 Å². The summed E-state index contributed by atoms with van der Waals surface area (Å²) in [6.07, 6.45) is 3.65. The topological polar surface area (TPSA) is 80.3 Å². The molecule has 8 aromatic rings. The molecule has 0 atom stereocenters. The third-order valence-corrected chi connectivity index (χ3v) is 7.97. The summed E-state index contributed by atoms with van der Waals surface area (Å²) in [6, 6.07) is 46.7. The molecule has 0 fully saturated rings. The maximum atomic E-state index is 9.81. The highest BCUT2D eigenvalue weighted by molar-refractivity contribution is 6.10. The average molecular weight is 577 g/mol. The number of benzene rings is 5. The summed E-state index contributed by atoms with van der Waals surface area (Å²) < 4.78 is 2.23. The van der Waals surface area contributed by atoms with Gasteiger partial charge in [-0.25, -0.2) is 15.0 Å². The molecule has 210 valence electrons. The van der Waals surface area contributed by atoms with Crippen molar-refractivity contribution in [1.29, 1.82) is 5.26 Å². The number of hydrogen-bond acceptors (Lipinski definition) is 5. The molecular weight excluding hydrogens is 552 g/mol. The molecule has 0 unspecified atom stereocenters. The molecule has 0 saturated carbocycles. The first-order valence-corrected chi connectivity index (χ1v) is 14.6. The summed E-state index contributed by atoms with van der Waals surface area (Å²) in [7, 11) is 0. The van der Waals surface area contributed by atoms with Gasteiger partial charge in [0.25, 0.3) is 0 Å². The fourth-order valence-electron chi connectivity index (χ4n) is 5.86. The molecule has 0 spiro atoms. The first-order chi connectivity index (χ1) is 22.3. The Labute approximate surface area is 259 Å². The van der Waals surface area contributed by atoms with Crippen LogP contribution in [0.15, 0.2) is 146 Å². The Kier molecular flexibility index (Phi) is 6.40. The molecule has 0 radical (unpaired) electrons. The maximum absolute atomic E-state index is 9.81. The van der Waals surface area contributed by atoms with Crippen molar-refractivity contribution in [2.45, 2.75) is 0 Å². The highest BCUT2D eigenvalue weighted by atomic mass is 15.0. The van der Waals surface area contributed by atoms with Gasteiger partial charge in [-0.3, -0.25) is 4.98 Å². The van der Waals surface area contributed by atoms with E-state index in [-0.39, 0.29) is 0 Å². The number of hydrogen-bond donors (Lipinski definition) is 0. The number of aromatic nitrogens is 5. The van der Waals surface area contributed by atoms with Gasteiger partial charge in [0.2, 0.25) is 0 Å². The van der Waals surface area contributed by atoms with Gasteiger partial charge in [0.15, 0.2) is 17.5 Å². The van der Waals surface area contributed by atoms with Crippen molar-refractivity contribution in [3.05, 3.63) is 151 Å². The quantitative estimate of drug-likeness (QED) is 0.204. The lowest BCUT2D eigenvalue weighted by Crippen LogP contribution is -2.02. The number of pyridine rings is 1. The van der Waals surface area contributed by atoms with Crippen LogP contribution in [0.3, 0.4) is 0 Å². The Hall–Kier alpha value is -6.45. The largest absolute Gasteiger partial charge is 0.309 e. The Bertz CT molecular complexity index is 2320. The molecule has 8 rings (SSSR count). The second-order valence-corrected chi connectivity index (χ2v) is 10.7. The minimum Gasteiger partial charge on any atom is -0.309 e. The van der Waals surface area contributed by atoms with Gasteiger partial charge >= 0.3 is 0 Å². The molecular formula is C39H24N6. The Morgan fingerprint density at radius 2 is 1.13 bits per heavy atom. The van der Waals surface area contributed by atoms with Crippen molar-refractivity contribution < 1.29 is 0 Å². The zero-order chi connectivity index (χ0) is 30.2. The van der Waals surface area contributed by atoms with Crippen molar-refractivity contribution in [1.82, 2.24) is 24.5 Å². The number of nitrogens with zero attached hydrogens (tertiary/aromatic N) is 6. The molecule has 6 nitrogen and oxygen atoms in total. The number of nitriles is 1. The summed E-state index contributed by atoms with van der Waals surface area (Å²) >= 11 is 0. The van der Waals surface area contributed by atoms with E-state index in [0.29, 0.717) is 23.0 Å². The van der Waals surface area contributed by atoms with Crippen LogP contribution in [0.4, 0.5) is 0 Å². The Morgan fingerprint density at radius 1 is 0.511 bits per heavy atom. The minimum absolute atomic E-state index is 0.570. The number of para-hydroxylation sites is 1.